The summed E-state index contributed by atoms with van der Waals surface area (Å²) in [7, 11) is 0. The number of nitrogens with one attached hydrogen (secondary N) is 3. The summed E-state index contributed by atoms with van der Waals surface area (Å²) in [6.07, 6.45) is 0.0829. The second-order valence-corrected chi connectivity index (χ2v) is 7.58. The number of amides is 2. The molecule has 1 atom stereocenters. The predicted octanol–water partition coefficient (Wildman–Crippen LogP) is 0.213. The lowest BCUT2D eigenvalue weighted by molar-refractivity contribution is -0.902. The summed E-state index contributed by atoms with van der Waals surface area (Å²) in [5.41, 5.74) is 1.95. The van der Waals surface area contributed by atoms with Crippen molar-refractivity contribution < 1.29 is 14.5 Å². The van der Waals surface area contributed by atoms with Gasteiger partial charge in [0.2, 0.25) is 17.8 Å². The van der Waals surface area contributed by atoms with Gasteiger partial charge in [0.15, 0.2) is 0 Å². The van der Waals surface area contributed by atoms with Crippen molar-refractivity contribution in [3.05, 3.63) is 29.8 Å². The third-order valence-corrected chi connectivity index (χ3v) is 5.33. The normalized spacial score (nSPS) is 21.0. The average Bonchev–Trinajstić information content (AvgIpc) is 2.68. The molecule has 0 saturated carbocycles. The van der Waals surface area contributed by atoms with Gasteiger partial charge in [-0.2, -0.15) is 0 Å². The van der Waals surface area contributed by atoms with Gasteiger partial charge in [-0.1, -0.05) is 26.0 Å². The Hall–Kier alpha value is -2.41. The van der Waals surface area contributed by atoms with E-state index in [2.05, 4.69) is 41.3 Å². The van der Waals surface area contributed by atoms with Gasteiger partial charge in [0, 0.05) is 5.69 Å². The summed E-state index contributed by atoms with van der Waals surface area (Å²) >= 11 is 0. The molecule has 0 radical (unpaired) electrons. The number of likely N-dealkylation sites (N-methyl/N-ethyl adjacent to an activating group) is 1. The number of hydrogen-bond acceptors (Lipinski definition) is 4. The lowest BCUT2D eigenvalue weighted by Crippen LogP contribution is -3.14. The van der Waals surface area contributed by atoms with E-state index < -0.39 is 6.04 Å². The van der Waals surface area contributed by atoms with Gasteiger partial charge < -0.3 is 15.1 Å². The number of aliphatic imine (C=N–C) groups is 1. The standard InChI is InChI=1S/C20H29N5O2/c1-4-24-9-11-25(12-10-24)20-22-17(13-18(26)23-20)19(27)21-16-7-5-15(6-8-16)14(2)3/h5-8,14,17H,4,9-13H2,1-3H3,(H,21,27)(H,22,23,26)/p+1/t17-/m1/s1. The molecular formula is C20H30N5O2+. The van der Waals surface area contributed by atoms with Crippen molar-refractivity contribution in [1.82, 2.24) is 10.2 Å². The van der Waals surface area contributed by atoms with E-state index in [4.69, 9.17) is 0 Å². The fourth-order valence-electron chi connectivity index (χ4n) is 3.45. The maximum Gasteiger partial charge on any atom is 0.249 e. The van der Waals surface area contributed by atoms with Crippen LogP contribution in [-0.2, 0) is 9.59 Å². The maximum atomic E-state index is 12.6. The zero-order chi connectivity index (χ0) is 19.4. The summed E-state index contributed by atoms with van der Waals surface area (Å²) in [5.74, 6) is 0.591. The van der Waals surface area contributed by atoms with Crippen LogP contribution in [0.2, 0.25) is 0 Å². The van der Waals surface area contributed by atoms with E-state index in [0.29, 0.717) is 11.9 Å². The molecule has 7 heteroatoms. The fourth-order valence-corrected chi connectivity index (χ4v) is 3.45. The molecule has 0 bridgehead atoms. The van der Waals surface area contributed by atoms with Gasteiger partial charge in [0.1, 0.15) is 6.04 Å². The van der Waals surface area contributed by atoms with E-state index in [1.807, 2.05) is 24.3 Å². The SMILES string of the molecule is CC[NH+]1CCN(C2=N[C@@H](C(=O)Nc3ccc(C(C)C)cc3)CC(=O)N2)CC1. The van der Waals surface area contributed by atoms with Crippen LogP contribution in [0.4, 0.5) is 5.69 Å². The fraction of sp³-hybridized carbons (Fsp3) is 0.550. The Morgan fingerprint density at radius 3 is 2.56 bits per heavy atom. The molecule has 0 aliphatic carbocycles. The summed E-state index contributed by atoms with van der Waals surface area (Å²) in [6.45, 7) is 11.3. The van der Waals surface area contributed by atoms with E-state index >= 15 is 0 Å². The number of carbonyl (C=O) groups is 2. The maximum absolute atomic E-state index is 12.6. The first-order valence-electron chi connectivity index (χ1n) is 9.83. The lowest BCUT2D eigenvalue weighted by Gasteiger charge is -2.35. The summed E-state index contributed by atoms with van der Waals surface area (Å²) < 4.78 is 0. The van der Waals surface area contributed by atoms with Crippen LogP contribution in [0.1, 0.15) is 38.7 Å². The highest BCUT2D eigenvalue weighted by Crippen LogP contribution is 2.18. The molecule has 7 nitrogen and oxygen atoms in total. The summed E-state index contributed by atoms with van der Waals surface area (Å²) in [6, 6.07) is 7.13. The number of hydrogen-bond donors (Lipinski definition) is 3. The monoisotopic (exact) mass is 372 g/mol. The van der Waals surface area contributed by atoms with Crippen LogP contribution in [0.3, 0.4) is 0 Å². The van der Waals surface area contributed by atoms with E-state index in [1.165, 1.54) is 5.56 Å². The van der Waals surface area contributed by atoms with Crippen molar-refractivity contribution in [3.8, 4) is 0 Å². The Morgan fingerprint density at radius 1 is 1.30 bits per heavy atom. The molecule has 1 aromatic carbocycles. The molecule has 0 spiro atoms. The van der Waals surface area contributed by atoms with Gasteiger partial charge in [-0.25, -0.2) is 4.99 Å². The highest BCUT2D eigenvalue weighted by molar-refractivity contribution is 6.05. The smallest absolute Gasteiger partial charge is 0.249 e. The minimum absolute atomic E-state index is 0.0829. The number of piperazine rings is 1. The highest BCUT2D eigenvalue weighted by atomic mass is 16.2. The van der Waals surface area contributed by atoms with Gasteiger partial charge in [0.25, 0.3) is 0 Å². The van der Waals surface area contributed by atoms with Gasteiger partial charge in [0.05, 0.1) is 39.1 Å². The number of anilines is 1. The van der Waals surface area contributed by atoms with E-state index in [0.717, 1.165) is 38.4 Å². The Morgan fingerprint density at radius 2 is 1.96 bits per heavy atom. The van der Waals surface area contributed by atoms with Crippen LogP contribution >= 0.6 is 0 Å². The van der Waals surface area contributed by atoms with Crippen molar-refractivity contribution >= 4 is 23.5 Å². The first-order chi connectivity index (χ1) is 13.0. The lowest BCUT2D eigenvalue weighted by atomic mass is 10.0. The molecule has 3 N–H and O–H groups in total. The van der Waals surface area contributed by atoms with E-state index in [1.54, 1.807) is 4.90 Å². The molecule has 2 aliphatic rings. The number of benzene rings is 1. The molecule has 3 rings (SSSR count). The Balaban J connectivity index is 1.65. The molecule has 1 fully saturated rings. The Kier molecular flexibility index (Phi) is 6.11. The molecule has 27 heavy (non-hydrogen) atoms. The topological polar surface area (TPSA) is 78.2 Å². The molecule has 2 aliphatic heterocycles. The van der Waals surface area contributed by atoms with Crippen LogP contribution in [0.5, 0.6) is 0 Å². The number of quaternary nitrogens is 1. The van der Waals surface area contributed by atoms with Crippen molar-refractivity contribution in [2.24, 2.45) is 4.99 Å². The van der Waals surface area contributed by atoms with Gasteiger partial charge in [-0.05, 0) is 30.5 Å². The molecule has 0 unspecified atom stereocenters. The van der Waals surface area contributed by atoms with Gasteiger partial charge >= 0.3 is 0 Å². The summed E-state index contributed by atoms with van der Waals surface area (Å²) in [5, 5.41) is 5.72. The summed E-state index contributed by atoms with van der Waals surface area (Å²) in [4.78, 5) is 32.9. The zero-order valence-corrected chi connectivity index (χ0v) is 16.4. The van der Waals surface area contributed by atoms with E-state index in [9.17, 15) is 9.59 Å². The van der Waals surface area contributed by atoms with Gasteiger partial charge in [-0.15, -0.1) is 0 Å². The average molecular weight is 372 g/mol. The molecule has 0 aromatic heterocycles. The third-order valence-electron chi connectivity index (χ3n) is 5.33. The quantitative estimate of drug-likeness (QED) is 0.707. The third kappa shape index (κ3) is 4.86. The minimum Gasteiger partial charge on any atom is -0.332 e. The van der Waals surface area contributed by atoms with Crippen LogP contribution in [-0.4, -0.2) is 61.4 Å². The van der Waals surface area contributed by atoms with Gasteiger partial charge in [-0.3, -0.25) is 14.9 Å². The second kappa shape index (κ2) is 8.52. The number of guanidine groups is 1. The van der Waals surface area contributed by atoms with Crippen LogP contribution in [0, 0.1) is 0 Å². The van der Waals surface area contributed by atoms with Crippen molar-refractivity contribution in [2.75, 3.05) is 38.0 Å². The number of rotatable bonds is 4. The molecule has 1 aromatic rings. The molecule has 2 amide bonds. The minimum atomic E-state index is -0.685. The second-order valence-electron chi connectivity index (χ2n) is 7.58. The van der Waals surface area contributed by atoms with Crippen LogP contribution in [0.15, 0.2) is 29.3 Å². The molecule has 146 valence electrons. The Bertz CT molecular complexity index is 706. The first kappa shape index (κ1) is 19.4. The van der Waals surface area contributed by atoms with E-state index in [-0.39, 0.29) is 18.2 Å². The van der Waals surface area contributed by atoms with Crippen LogP contribution in [0.25, 0.3) is 0 Å². The van der Waals surface area contributed by atoms with Crippen molar-refractivity contribution in [2.45, 2.75) is 39.2 Å². The molecule has 2 heterocycles. The van der Waals surface area contributed by atoms with Crippen LogP contribution < -0.4 is 15.5 Å². The van der Waals surface area contributed by atoms with Crippen molar-refractivity contribution in [3.63, 3.8) is 0 Å². The zero-order valence-electron chi connectivity index (χ0n) is 16.4. The Labute approximate surface area is 160 Å². The first-order valence-corrected chi connectivity index (χ1v) is 9.83. The molecule has 1 saturated heterocycles. The molecular weight excluding hydrogens is 342 g/mol. The largest absolute Gasteiger partial charge is 0.332 e. The van der Waals surface area contributed by atoms with Crippen molar-refractivity contribution in [1.29, 1.82) is 0 Å². The highest BCUT2D eigenvalue weighted by Gasteiger charge is 2.31. The number of nitrogens with zero attached hydrogens (tertiary/aromatic N) is 2. The predicted molar refractivity (Wildman–Crippen MR) is 106 cm³/mol. The number of carbonyl (C=O) groups excluding carboxylic acids is 2.